The van der Waals surface area contributed by atoms with Gasteiger partial charge in [0.2, 0.25) is 0 Å². The van der Waals surface area contributed by atoms with Gasteiger partial charge in [-0.15, -0.1) is 0 Å². The van der Waals surface area contributed by atoms with Gasteiger partial charge in [0.05, 0.1) is 18.7 Å². The third-order valence-corrected chi connectivity index (χ3v) is 5.31. The lowest BCUT2D eigenvalue weighted by atomic mass is 9.88. The third-order valence-electron chi connectivity index (χ3n) is 5.31. The first-order valence-corrected chi connectivity index (χ1v) is 9.76. The number of ketones is 1. The zero-order chi connectivity index (χ0) is 21.1. The maximum Gasteiger partial charge on any atom is 0.264 e. The van der Waals surface area contributed by atoms with Gasteiger partial charge in [-0.2, -0.15) is 0 Å². The number of aromatic nitrogens is 1. The molecule has 30 heavy (non-hydrogen) atoms. The van der Waals surface area contributed by atoms with Crippen molar-refractivity contribution in [3.05, 3.63) is 89.7 Å². The summed E-state index contributed by atoms with van der Waals surface area (Å²) in [7, 11) is 0. The molecule has 1 atom stereocenters. The number of carbonyl (C=O) groups excluding carboxylic acids is 2. The van der Waals surface area contributed by atoms with Crippen LogP contribution in [0.5, 0.6) is 5.75 Å². The van der Waals surface area contributed by atoms with Gasteiger partial charge in [-0.1, -0.05) is 36.4 Å². The number of amides is 1. The van der Waals surface area contributed by atoms with Gasteiger partial charge in [0.15, 0.2) is 11.4 Å². The van der Waals surface area contributed by atoms with Crippen LogP contribution in [0.25, 0.3) is 0 Å². The van der Waals surface area contributed by atoms with E-state index in [0.29, 0.717) is 16.8 Å². The first kappa shape index (κ1) is 19.8. The lowest BCUT2D eigenvalue weighted by Gasteiger charge is -2.23. The van der Waals surface area contributed by atoms with E-state index in [1.54, 1.807) is 42.6 Å². The van der Waals surface area contributed by atoms with Crippen LogP contribution in [0.2, 0.25) is 0 Å². The summed E-state index contributed by atoms with van der Waals surface area (Å²) in [6.45, 7) is 2.47. The van der Waals surface area contributed by atoms with E-state index in [1.165, 1.54) is 11.1 Å². The molecule has 0 radical (unpaired) electrons. The molecule has 0 spiro atoms. The topological polar surface area (TPSA) is 79.7 Å². The largest absolute Gasteiger partial charge is 0.491 e. The molecule has 2 aromatic carbocycles. The van der Waals surface area contributed by atoms with Crippen molar-refractivity contribution in [1.29, 1.82) is 0 Å². The van der Waals surface area contributed by atoms with Crippen LogP contribution in [-0.2, 0) is 10.4 Å². The molecule has 152 valence electrons. The summed E-state index contributed by atoms with van der Waals surface area (Å²) in [5, 5.41) is 11.3. The van der Waals surface area contributed by atoms with E-state index >= 15 is 0 Å². The minimum atomic E-state index is -1.91. The van der Waals surface area contributed by atoms with Crippen molar-refractivity contribution in [3.8, 4) is 5.75 Å². The Morgan fingerprint density at radius 3 is 2.63 bits per heavy atom. The Balaban J connectivity index is 1.54. The zero-order valence-corrected chi connectivity index (χ0v) is 16.6. The highest BCUT2D eigenvalue weighted by Gasteiger charge is 2.50. The summed E-state index contributed by atoms with van der Waals surface area (Å²) in [4.78, 5) is 31.4. The Morgan fingerprint density at radius 2 is 1.87 bits per heavy atom. The molecule has 4 rings (SSSR count). The standard InChI is InChI=1S/C24H22N2O4/c1-17-7-2-5-11-22(17)30-14-13-26-20-10-4-3-9-19(20)24(29,23(26)28)15-21(27)18-8-6-12-25-16-18/h2-12,16,29H,13-15H2,1H3. The van der Waals surface area contributed by atoms with Gasteiger partial charge in [0.1, 0.15) is 12.4 Å². The number of rotatable bonds is 7. The number of anilines is 1. The Hall–Kier alpha value is -3.51. The summed E-state index contributed by atoms with van der Waals surface area (Å²) >= 11 is 0. The number of para-hydroxylation sites is 2. The SMILES string of the molecule is Cc1ccccc1OCCN1C(=O)C(O)(CC(=O)c2cccnc2)c2ccccc21. The number of pyridine rings is 1. The number of fused-ring (bicyclic) bond motifs is 1. The van der Waals surface area contributed by atoms with Crippen LogP contribution in [0.3, 0.4) is 0 Å². The molecule has 1 unspecified atom stereocenters. The second kappa shape index (κ2) is 8.08. The molecule has 2 heterocycles. The molecule has 0 saturated carbocycles. The molecule has 3 aromatic rings. The van der Waals surface area contributed by atoms with Gasteiger partial charge in [-0.25, -0.2) is 0 Å². The molecular weight excluding hydrogens is 380 g/mol. The van der Waals surface area contributed by atoms with Gasteiger partial charge < -0.3 is 14.7 Å². The molecule has 6 nitrogen and oxygen atoms in total. The fourth-order valence-corrected chi connectivity index (χ4v) is 3.73. The Kier molecular flexibility index (Phi) is 5.33. The van der Waals surface area contributed by atoms with Crippen LogP contribution in [0, 0.1) is 6.92 Å². The van der Waals surface area contributed by atoms with Gasteiger partial charge in [0, 0.05) is 23.5 Å². The number of hydrogen-bond acceptors (Lipinski definition) is 5. The molecule has 1 aliphatic rings. The number of ether oxygens (including phenoxy) is 1. The van der Waals surface area contributed by atoms with Crippen molar-refractivity contribution in [2.45, 2.75) is 18.9 Å². The molecule has 0 saturated heterocycles. The number of aryl methyl sites for hydroxylation is 1. The van der Waals surface area contributed by atoms with Gasteiger partial charge in [0.25, 0.3) is 5.91 Å². The van der Waals surface area contributed by atoms with E-state index in [1.807, 2.05) is 31.2 Å². The maximum absolute atomic E-state index is 13.2. The summed E-state index contributed by atoms with van der Waals surface area (Å²) in [6.07, 6.45) is 2.66. The van der Waals surface area contributed by atoms with E-state index in [2.05, 4.69) is 4.98 Å². The van der Waals surface area contributed by atoms with Crippen LogP contribution in [-0.4, -0.2) is 34.9 Å². The third kappa shape index (κ3) is 3.57. The van der Waals surface area contributed by atoms with Crippen molar-refractivity contribution < 1.29 is 19.4 Å². The normalized spacial score (nSPS) is 17.7. The van der Waals surface area contributed by atoms with Crippen molar-refractivity contribution >= 4 is 17.4 Å². The minimum absolute atomic E-state index is 0.258. The summed E-state index contributed by atoms with van der Waals surface area (Å²) in [5.74, 6) is -0.111. The van der Waals surface area contributed by atoms with E-state index in [0.717, 1.165) is 11.3 Å². The second-order valence-corrected chi connectivity index (χ2v) is 7.29. The predicted molar refractivity (Wildman–Crippen MR) is 113 cm³/mol. The fraction of sp³-hybridized carbons (Fsp3) is 0.208. The maximum atomic E-state index is 13.2. The molecule has 1 aliphatic heterocycles. The number of nitrogens with zero attached hydrogens (tertiary/aromatic N) is 2. The molecule has 1 aromatic heterocycles. The summed E-state index contributed by atoms with van der Waals surface area (Å²) in [5.41, 5.74) is 0.480. The molecule has 0 fully saturated rings. The highest BCUT2D eigenvalue weighted by atomic mass is 16.5. The smallest absolute Gasteiger partial charge is 0.264 e. The molecule has 1 amide bonds. The zero-order valence-electron chi connectivity index (χ0n) is 16.6. The van der Waals surface area contributed by atoms with E-state index in [-0.39, 0.29) is 25.4 Å². The van der Waals surface area contributed by atoms with Gasteiger partial charge >= 0.3 is 0 Å². The number of Topliss-reactive ketones (excluding diaryl/α,β-unsaturated/α-hetero) is 1. The first-order valence-electron chi connectivity index (χ1n) is 9.76. The van der Waals surface area contributed by atoms with Crippen molar-refractivity contribution in [1.82, 2.24) is 4.98 Å². The van der Waals surface area contributed by atoms with Crippen molar-refractivity contribution in [2.24, 2.45) is 0 Å². The minimum Gasteiger partial charge on any atom is -0.491 e. The molecule has 0 aliphatic carbocycles. The summed E-state index contributed by atoms with van der Waals surface area (Å²) in [6, 6.07) is 17.9. The molecule has 0 bridgehead atoms. The number of carbonyl (C=O) groups is 2. The van der Waals surface area contributed by atoms with Crippen LogP contribution >= 0.6 is 0 Å². The Labute approximate surface area is 174 Å². The van der Waals surface area contributed by atoms with Gasteiger partial charge in [-0.3, -0.25) is 14.6 Å². The summed E-state index contributed by atoms with van der Waals surface area (Å²) < 4.78 is 5.83. The molecular formula is C24H22N2O4. The van der Waals surface area contributed by atoms with Crippen LogP contribution in [0.1, 0.15) is 27.9 Å². The monoisotopic (exact) mass is 402 g/mol. The Bertz CT molecular complexity index is 1080. The van der Waals surface area contributed by atoms with Crippen molar-refractivity contribution in [2.75, 3.05) is 18.1 Å². The average molecular weight is 402 g/mol. The van der Waals surface area contributed by atoms with Gasteiger partial charge in [-0.05, 0) is 36.8 Å². The number of hydrogen-bond donors (Lipinski definition) is 1. The average Bonchev–Trinajstić information content (AvgIpc) is 2.97. The predicted octanol–water partition coefficient (Wildman–Crippen LogP) is 3.28. The molecule has 1 N–H and O–H groups in total. The van der Waals surface area contributed by atoms with Crippen LogP contribution in [0.15, 0.2) is 73.1 Å². The van der Waals surface area contributed by atoms with E-state index in [4.69, 9.17) is 4.74 Å². The lowest BCUT2D eigenvalue weighted by Crippen LogP contribution is -2.43. The van der Waals surface area contributed by atoms with Crippen LogP contribution in [0.4, 0.5) is 5.69 Å². The number of aliphatic hydroxyl groups is 1. The highest BCUT2D eigenvalue weighted by molar-refractivity contribution is 6.10. The quantitative estimate of drug-likeness (QED) is 0.614. The highest BCUT2D eigenvalue weighted by Crippen LogP contribution is 2.42. The second-order valence-electron chi connectivity index (χ2n) is 7.29. The van der Waals surface area contributed by atoms with E-state index < -0.39 is 11.5 Å². The Morgan fingerprint density at radius 1 is 1.10 bits per heavy atom. The fourth-order valence-electron chi connectivity index (χ4n) is 3.73. The molecule has 6 heteroatoms. The van der Waals surface area contributed by atoms with Crippen LogP contribution < -0.4 is 9.64 Å². The number of benzene rings is 2. The first-order chi connectivity index (χ1) is 14.5. The van der Waals surface area contributed by atoms with Crippen molar-refractivity contribution in [3.63, 3.8) is 0 Å². The lowest BCUT2D eigenvalue weighted by molar-refractivity contribution is -0.135. The van der Waals surface area contributed by atoms with E-state index in [9.17, 15) is 14.7 Å².